The Hall–Kier alpha value is -3.59. The summed E-state index contributed by atoms with van der Waals surface area (Å²) in [5.74, 6) is 0. The molecule has 3 nitrogen and oxygen atoms in total. The zero-order valence-electron chi connectivity index (χ0n) is 21.3. The minimum absolute atomic E-state index is 0.128. The van der Waals surface area contributed by atoms with Crippen molar-refractivity contribution in [1.29, 1.82) is 0 Å². The van der Waals surface area contributed by atoms with Crippen molar-refractivity contribution in [2.24, 2.45) is 0 Å². The number of benzene rings is 3. The largest absolute Gasteiger partial charge is 0.416 e. The molecule has 0 bridgehead atoms. The van der Waals surface area contributed by atoms with Crippen LogP contribution < -0.4 is 10.9 Å². The van der Waals surface area contributed by atoms with Crippen molar-refractivity contribution in [3.8, 4) is 11.1 Å². The van der Waals surface area contributed by atoms with Crippen LogP contribution in [0, 0.1) is 13.8 Å². The number of aromatic nitrogens is 1. The first-order valence-electron chi connectivity index (χ1n) is 12.6. The minimum Gasteiger partial charge on any atom is -0.310 e. The summed E-state index contributed by atoms with van der Waals surface area (Å²) in [7, 11) is 0. The second kappa shape index (κ2) is 9.86. The van der Waals surface area contributed by atoms with E-state index in [1.165, 1.54) is 0 Å². The van der Waals surface area contributed by atoms with Gasteiger partial charge in [-0.15, -0.1) is 0 Å². The summed E-state index contributed by atoms with van der Waals surface area (Å²) in [6.45, 7) is 4.14. The van der Waals surface area contributed by atoms with Crippen LogP contribution in [-0.4, -0.2) is 4.57 Å². The SMILES string of the molecule is Cc1cc2c(-c3ccccc3)c3n(c(=O)c2cc1C)CCCC3NCc1cc(C(F)(F)F)cc(C(F)(F)F)c1. The van der Waals surface area contributed by atoms with Gasteiger partial charge < -0.3 is 9.88 Å². The Labute approximate surface area is 221 Å². The maximum Gasteiger partial charge on any atom is 0.416 e. The molecule has 1 aliphatic rings. The van der Waals surface area contributed by atoms with E-state index in [0.29, 0.717) is 30.5 Å². The van der Waals surface area contributed by atoms with Crippen LogP contribution in [0.5, 0.6) is 0 Å². The quantitative estimate of drug-likeness (QED) is 0.265. The molecule has 0 fully saturated rings. The van der Waals surface area contributed by atoms with E-state index in [-0.39, 0.29) is 23.7 Å². The predicted molar refractivity (Wildman–Crippen MR) is 138 cm³/mol. The molecular weight excluding hydrogens is 518 g/mol. The zero-order chi connectivity index (χ0) is 28.1. The summed E-state index contributed by atoms with van der Waals surface area (Å²) in [5, 5.41) is 4.53. The van der Waals surface area contributed by atoms with Gasteiger partial charge in [0, 0.05) is 35.8 Å². The number of nitrogens with zero attached hydrogens (tertiary/aromatic N) is 1. The molecular formula is C30H26F6N2O. The van der Waals surface area contributed by atoms with Crippen molar-refractivity contribution in [1.82, 2.24) is 9.88 Å². The van der Waals surface area contributed by atoms with Gasteiger partial charge in [-0.3, -0.25) is 4.79 Å². The van der Waals surface area contributed by atoms with Crippen LogP contribution in [0.4, 0.5) is 26.3 Å². The molecule has 204 valence electrons. The second-order valence-electron chi connectivity index (χ2n) is 10.1. The van der Waals surface area contributed by atoms with Crippen molar-refractivity contribution in [2.45, 2.75) is 58.2 Å². The molecule has 3 aromatic carbocycles. The molecule has 9 heteroatoms. The van der Waals surface area contributed by atoms with Crippen molar-refractivity contribution >= 4 is 10.8 Å². The summed E-state index contributed by atoms with van der Waals surface area (Å²) >= 11 is 0. The number of hydrogen-bond acceptors (Lipinski definition) is 2. The van der Waals surface area contributed by atoms with E-state index in [1.54, 1.807) is 4.57 Å². The van der Waals surface area contributed by atoms with Crippen LogP contribution in [0.1, 0.15) is 52.4 Å². The molecule has 0 saturated heterocycles. The molecule has 0 saturated carbocycles. The maximum absolute atomic E-state index is 13.6. The Bertz CT molecular complexity index is 1570. The highest BCUT2D eigenvalue weighted by Crippen LogP contribution is 2.40. The van der Waals surface area contributed by atoms with Gasteiger partial charge in [-0.1, -0.05) is 36.4 Å². The van der Waals surface area contributed by atoms with Gasteiger partial charge in [0.15, 0.2) is 0 Å². The standard InChI is InChI=1S/C30H26F6N2O/c1-17-11-23-24(12-18(17)2)28(39)38-10-6-9-25(27(38)26(23)20-7-4-3-5-8-20)37-16-19-13-21(29(31,32)33)15-22(14-19)30(34,35)36/h3-5,7-8,11-15,25,37H,6,9-10,16H2,1-2H3. The molecule has 0 amide bonds. The van der Waals surface area contributed by atoms with Gasteiger partial charge in [0.25, 0.3) is 5.56 Å². The maximum atomic E-state index is 13.6. The molecule has 1 aliphatic heterocycles. The van der Waals surface area contributed by atoms with Crippen LogP contribution >= 0.6 is 0 Å². The number of hydrogen-bond donors (Lipinski definition) is 1. The van der Waals surface area contributed by atoms with Gasteiger partial charge in [0.05, 0.1) is 11.1 Å². The van der Waals surface area contributed by atoms with Crippen molar-refractivity contribution in [3.05, 3.63) is 105 Å². The van der Waals surface area contributed by atoms with Crippen LogP contribution in [0.2, 0.25) is 0 Å². The summed E-state index contributed by atoms with van der Waals surface area (Å²) < 4.78 is 82.1. The van der Waals surface area contributed by atoms with Gasteiger partial charge in [-0.05, 0) is 78.6 Å². The van der Waals surface area contributed by atoms with E-state index in [1.807, 2.05) is 56.3 Å². The number of rotatable bonds is 4. The number of alkyl halides is 6. The molecule has 1 unspecified atom stereocenters. The highest BCUT2D eigenvalue weighted by Gasteiger charge is 2.37. The topological polar surface area (TPSA) is 34.0 Å². The smallest absolute Gasteiger partial charge is 0.310 e. The molecule has 1 N–H and O–H groups in total. The fraction of sp³-hybridized carbons (Fsp3) is 0.300. The monoisotopic (exact) mass is 544 g/mol. The lowest BCUT2D eigenvalue weighted by atomic mass is 9.88. The Balaban J connectivity index is 1.64. The number of fused-ring (bicyclic) bond motifs is 2. The molecule has 1 aromatic heterocycles. The molecule has 2 heterocycles. The third kappa shape index (κ3) is 5.20. The van der Waals surface area contributed by atoms with Crippen molar-refractivity contribution < 1.29 is 26.3 Å². The Morgan fingerprint density at radius 2 is 1.44 bits per heavy atom. The van der Waals surface area contributed by atoms with Crippen LogP contribution in [0.3, 0.4) is 0 Å². The summed E-state index contributed by atoms with van der Waals surface area (Å²) in [4.78, 5) is 13.6. The number of nitrogens with one attached hydrogen (secondary N) is 1. The molecule has 0 radical (unpaired) electrons. The second-order valence-corrected chi connectivity index (χ2v) is 10.1. The molecule has 5 rings (SSSR count). The Kier molecular flexibility index (Phi) is 6.83. The number of halogens is 6. The van der Waals surface area contributed by atoms with Gasteiger partial charge in [0.1, 0.15) is 0 Å². The van der Waals surface area contributed by atoms with Crippen LogP contribution in [-0.2, 0) is 25.4 Å². The van der Waals surface area contributed by atoms with Crippen LogP contribution in [0.15, 0.2) is 65.5 Å². The average molecular weight is 545 g/mol. The Morgan fingerprint density at radius 1 is 0.846 bits per heavy atom. The number of pyridine rings is 1. The lowest BCUT2D eigenvalue weighted by Crippen LogP contribution is -2.35. The molecule has 0 aliphatic carbocycles. The van der Waals surface area contributed by atoms with E-state index in [9.17, 15) is 31.1 Å². The van der Waals surface area contributed by atoms with Gasteiger partial charge in [0.2, 0.25) is 0 Å². The van der Waals surface area contributed by atoms with E-state index < -0.39 is 29.5 Å². The van der Waals surface area contributed by atoms with Gasteiger partial charge in [-0.25, -0.2) is 0 Å². The third-order valence-corrected chi connectivity index (χ3v) is 7.39. The first kappa shape index (κ1) is 27.0. The van der Waals surface area contributed by atoms with E-state index in [4.69, 9.17) is 0 Å². The summed E-state index contributed by atoms with van der Waals surface area (Å²) in [6, 6.07) is 14.5. The van der Waals surface area contributed by atoms with Gasteiger partial charge >= 0.3 is 12.4 Å². The number of aryl methyl sites for hydroxylation is 2. The fourth-order valence-electron chi connectivity index (χ4n) is 5.37. The first-order chi connectivity index (χ1) is 18.3. The summed E-state index contributed by atoms with van der Waals surface area (Å²) in [6.07, 6.45) is -8.64. The normalized spacial score (nSPS) is 15.9. The van der Waals surface area contributed by atoms with E-state index in [2.05, 4.69) is 5.32 Å². The molecule has 0 spiro atoms. The highest BCUT2D eigenvalue weighted by atomic mass is 19.4. The molecule has 4 aromatic rings. The van der Waals surface area contributed by atoms with E-state index in [0.717, 1.165) is 39.8 Å². The highest BCUT2D eigenvalue weighted by molar-refractivity contribution is 5.98. The Morgan fingerprint density at radius 3 is 2.03 bits per heavy atom. The van der Waals surface area contributed by atoms with Crippen molar-refractivity contribution in [2.75, 3.05) is 0 Å². The van der Waals surface area contributed by atoms with Gasteiger partial charge in [-0.2, -0.15) is 26.3 Å². The third-order valence-electron chi connectivity index (χ3n) is 7.39. The lowest BCUT2D eigenvalue weighted by Gasteiger charge is -2.31. The minimum atomic E-state index is -4.92. The van der Waals surface area contributed by atoms with E-state index >= 15 is 0 Å². The zero-order valence-corrected chi connectivity index (χ0v) is 21.3. The summed E-state index contributed by atoms with van der Waals surface area (Å²) in [5.41, 5.74) is 1.40. The van der Waals surface area contributed by atoms with Crippen LogP contribution in [0.25, 0.3) is 21.9 Å². The molecule has 1 atom stereocenters. The first-order valence-corrected chi connectivity index (χ1v) is 12.6. The fourth-order valence-corrected chi connectivity index (χ4v) is 5.37. The predicted octanol–water partition coefficient (Wildman–Crippen LogP) is 7.95. The average Bonchev–Trinajstić information content (AvgIpc) is 2.88. The molecule has 39 heavy (non-hydrogen) atoms. The van der Waals surface area contributed by atoms with Crippen molar-refractivity contribution in [3.63, 3.8) is 0 Å². The lowest BCUT2D eigenvalue weighted by molar-refractivity contribution is -0.143.